The molecular formula is C28H24F2N6O2S. The maximum absolute atomic E-state index is 14.0. The smallest absolute Gasteiger partial charge is 0.219 e. The molecular weight excluding hydrogens is 522 g/mol. The van der Waals surface area contributed by atoms with Gasteiger partial charge in [-0.2, -0.15) is 5.10 Å². The van der Waals surface area contributed by atoms with Crippen molar-refractivity contribution >= 4 is 40.1 Å². The third-order valence-corrected chi connectivity index (χ3v) is 7.83. The van der Waals surface area contributed by atoms with Gasteiger partial charge in [-0.3, -0.25) is 4.79 Å². The average molecular weight is 547 g/mol. The summed E-state index contributed by atoms with van der Waals surface area (Å²) in [5.41, 5.74) is 11.3. The molecule has 3 aromatic heterocycles. The van der Waals surface area contributed by atoms with Crippen molar-refractivity contribution in [3.8, 4) is 17.3 Å². The summed E-state index contributed by atoms with van der Waals surface area (Å²) >= 11 is 1.81. The molecule has 6 rings (SSSR count). The lowest BCUT2D eigenvalue weighted by atomic mass is 10.1. The Hall–Kier alpha value is -4.38. The average Bonchev–Trinajstić information content (AvgIpc) is 3.66. The number of aromatic amines is 1. The van der Waals surface area contributed by atoms with Crippen LogP contribution in [0.15, 0.2) is 54.9 Å². The van der Waals surface area contributed by atoms with Crippen LogP contribution in [0.1, 0.15) is 33.6 Å². The minimum Gasteiger partial charge on any atom is -0.433 e. The van der Waals surface area contributed by atoms with Crippen molar-refractivity contribution < 1.29 is 18.3 Å². The van der Waals surface area contributed by atoms with Gasteiger partial charge in [-0.15, -0.1) is 0 Å². The number of rotatable bonds is 6. The van der Waals surface area contributed by atoms with Crippen molar-refractivity contribution in [2.45, 2.75) is 20.3 Å². The highest BCUT2D eigenvalue weighted by Crippen LogP contribution is 2.35. The number of ketones is 1. The van der Waals surface area contributed by atoms with Crippen molar-refractivity contribution in [3.63, 3.8) is 0 Å². The van der Waals surface area contributed by atoms with E-state index >= 15 is 0 Å². The van der Waals surface area contributed by atoms with E-state index in [-0.39, 0.29) is 23.0 Å². The van der Waals surface area contributed by atoms with Gasteiger partial charge >= 0.3 is 0 Å². The quantitative estimate of drug-likeness (QED) is 0.196. The molecule has 11 heteroatoms. The first-order valence-electron chi connectivity index (χ1n) is 12.3. The number of para-hydroxylation sites is 1. The van der Waals surface area contributed by atoms with E-state index in [1.165, 1.54) is 29.2 Å². The van der Waals surface area contributed by atoms with Gasteiger partial charge in [0, 0.05) is 29.3 Å². The summed E-state index contributed by atoms with van der Waals surface area (Å²) in [5, 5.41) is 5.26. The fourth-order valence-electron chi connectivity index (χ4n) is 4.67. The maximum atomic E-state index is 14.0. The highest BCUT2D eigenvalue weighted by molar-refractivity contribution is 8.00. The third-order valence-electron chi connectivity index (χ3n) is 6.67. The van der Waals surface area contributed by atoms with E-state index in [1.807, 2.05) is 18.0 Å². The second kappa shape index (κ2) is 9.73. The van der Waals surface area contributed by atoms with Crippen LogP contribution in [-0.2, 0) is 0 Å². The molecule has 0 spiro atoms. The standard InChI is InChI=1S/C28H24F2N6O2S/c1-15-9-17-11-22(34-21(17)12-23(15)35-7-4-8-39-35)26(37)18-13-33-36(28(18)31)24-14-32-25(10-16(24)2)38-27-19(29)5-3-6-20(27)30/h3,5-6,9-14,34H,4,7-8,31H2,1-2H3. The Morgan fingerprint density at radius 3 is 2.56 bits per heavy atom. The Morgan fingerprint density at radius 2 is 1.85 bits per heavy atom. The van der Waals surface area contributed by atoms with Crippen molar-refractivity contribution in [1.29, 1.82) is 0 Å². The van der Waals surface area contributed by atoms with Crippen LogP contribution in [0.2, 0.25) is 0 Å². The van der Waals surface area contributed by atoms with Crippen LogP contribution in [0.25, 0.3) is 16.6 Å². The molecule has 0 unspecified atom stereocenters. The molecule has 1 saturated heterocycles. The van der Waals surface area contributed by atoms with Crippen LogP contribution in [-0.4, -0.2) is 37.8 Å². The van der Waals surface area contributed by atoms with Gasteiger partial charge in [-0.25, -0.2) is 18.4 Å². The Bertz CT molecular complexity index is 1720. The van der Waals surface area contributed by atoms with E-state index in [4.69, 9.17) is 10.5 Å². The van der Waals surface area contributed by atoms with Gasteiger partial charge in [-0.05, 0) is 73.7 Å². The van der Waals surface area contributed by atoms with Crippen LogP contribution in [0.4, 0.5) is 20.3 Å². The van der Waals surface area contributed by atoms with Crippen LogP contribution in [0.3, 0.4) is 0 Å². The van der Waals surface area contributed by atoms with E-state index in [9.17, 15) is 13.6 Å². The number of fused-ring (bicyclic) bond motifs is 1. The molecule has 4 heterocycles. The van der Waals surface area contributed by atoms with Crippen LogP contribution in [0, 0.1) is 25.5 Å². The SMILES string of the molecule is Cc1cc2cc(C(=O)c3cnn(-c4cnc(Oc5c(F)cccc5F)cc4C)c3N)[nH]c2cc1N1CCCS1. The second-order valence-corrected chi connectivity index (χ2v) is 10.5. The minimum absolute atomic E-state index is 0.00217. The predicted octanol–water partition coefficient (Wildman–Crippen LogP) is 6.11. The molecule has 3 N–H and O–H groups in total. The topological polar surface area (TPSA) is 102 Å². The molecule has 0 amide bonds. The number of aromatic nitrogens is 4. The van der Waals surface area contributed by atoms with Gasteiger partial charge in [0.2, 0.25) is 17.4 Å². The zero-order chi connectivity index (χ0) is 27.3. The summed E-state index contributed by atoms with van der Waals surface area (Å²) in [6.45, 7) is 4.82. The van der Waals surface area contributed by atoms with Crippen molar-refractivity contribution in [1.82, 2.24) is 19.7 Å². The van der Waals surface area contributed by atoms with Crippen molar-refractivity contribution in [2.75, 3.05) is 22.3 Å². The first-order chi connectivity index (χ1) is 18.8. The number of hydrogen-bond donors (Lipinski definition) is 2. The molecule has 0 aliphatic carbocycles. The van der Waals surface area contributed by atoms with Gasteiger partial charge in [0.15, 0.2) is 11.6 Å². The molecule has 0 atom stereocenters. The zero-order valence-corrected chi connectivity index (χ0v) is 22.0. The van der Waals surface area contributed by atoms with E-state index < -0.39 is 17.4 Å². The molecule has 2 aromatic carbocycles. The number of nitrogens with one attached hydrogen (secondary N) is 1. The highest BCUT2D eigenvalue weighted by atomic mass is 32.2. The number of anilines is 2. The fraction of sp³-hybridized carbons (Fsp3) is 0.179. The van der Waals surface area contributed by atoms with Crippen molar-refractivity contribution in [2.24, 2.45) is 0 Å². The number of pyridine rings is 1. The summed E-state index contributed by atoms with van der Waals surface area (Å²) in [5.74, 6) is -1.25. The number of nitrogens with zero attached hydrogens (tertiary/aromatic N) is 4. The van der Waals surface area contributed by atoms with E-state index in [1.54, 1.807) is 6.92 Å². The number of ether oxygens (including phenoxy) is 1. The third kappa shape index (κ3) is 4.48. The van der Waals surface area contributed by atoms with Gasteiger partial charge < -0.3 is 19.8 Å². The largest absolute Gasteiger partial charge is 0.433 e. The molecule has 0 radical (unpaired) electrons. The number of nitrogen functional groups attached to an aromatic ring is 1. The second-order valence-electron chi connectivity index (χ2n) is 9.34. The van der Waals surface area contributed by atoms with Crippen LogP contribution >= 0.6 is 11.9 Å². The van der Waals surface area contributed by atoms with E-state index in [0.29, 0.717) is 16.9 Å². The Kier molecular flexibility index (Phi) is 6.22. The molecule has 8 nitrogen and oxygen atoms in total. The predicted molar refractivity (Wildman–Crippen MR) is 148 cm³/mol. The zero-order valence-electron chi connectivity index (χ0n) is 21.2. The van der Waals surface area contributed by atoms with Gasteiger partial charge in [0.25, 0.3) is 0 Å². The van der Waals surface area contributed by atoms with Crippen LogP contribution in [0.5, 0.6) is 11.6 Å². The normalized spacial score (nSPS) is 13.4. The number of nitrogens with two attached hydrogens (primary N) is 1. The van der Waals surface area contributed by atoms with E-state index in [2.05, 4.69) is 38.4 Å². The molecule has 0 saturated carbocycles. The number of hydrogen-bond acceptors (Lipinski definition) is 7. The summed E-state index contributed by atoms with van der Waals surface area (Å²) in [4.78, 5) is 20.8. The lowest BCUT2D eigenvalue weighted by Gasteiger charge is -2.18. The summed E-state index contributed by atoms with van der Waals surface area (Å²) in [6.07, 6.45) is 3.98. The van der Waals surface area contributed by atoms with Crippen molar-refractivity contribution in [3.05, 3.63) is 88.9 Å². The summed E-state index contributed by atoms with van der Waals surface area (Å²) in [6, 6.07) is 10.9. The minimum atomic E-state index is -0.837. The Morgan fingerprint density at radius 1 is 1.08 bits per heavy atom. The van der Waals surface area contributed by atoms with Gasteiger partial charge in [0.1, 0.15) is 5.82 Å². The number of carbonyl (C=O) groups excluding carboxylic acids is 1. The Labute approximate surface area is 226 Å². The molecule has 5 aromatic rings. The number of benzene rings is 2. The molecule has 1 aliphatic rings. The molecule has 39 heavy (non-hydrogen) atoms. The number of carbonyl (C=O) groups is 1. The number of aryl methyl sites for hydroxylation is 2. The number of halogens is 2. The first kappa shape index (κ1) is 24.9. The first-order valence-corrected chi connectivity index (χ1v) is 13.3. The van der Waals surface area contributed by atoms with Crippen LogP contribution < -0.4 is 14.8 Å². The van der Waals surface area contributed by atoms with Gasteiger partial charge in [0.05, 0.1) is 35.0 Å². The highest BCUT2D eigenvalue weighted by Gasteiger charge is 2.22. The molecule has 1 aliphatic heterocycles. The lowest BCUT2D eigenvalue weighted by Crippen LogP contribution is -2.10. The van der Waals surface area contributed by atoms with E-state index in [0.717, 1.165) is 53.0 Å². The molecule has 0 bridgehead atoms. The Balaban J connectivity index is 1.28. The number of H-pyrrole nitrogens is 1. The monoisotopic (exact) mass is 546 g/mol. The lowest BCUT2D eigenvalue weighted by molar-refractivity contribution is 0.103. The summed E-state index contributed by atoms with van der Waals surface area (Å²) < 4.78 is 37.0. The maximum Gasteiger partial charge on any atom is 0.219 e. The van der Waals surface area contributed by atoms with Gasteiger partial charge in [-0.1, -0.05) is 6.07 Å². The molecule has 198 valence electrons. The molecule has 1 fully saturated rings. The summed E-state index contributed by atoms with van der Waals surface area (Å²) in [7, 11) is 0. The fourth-order valence-corrected chi connectivity index (χ4v) is 5.74.